The standard InChI is InChI=1S/C26H28N2O6/c1-26(24(31)27-11-15-10-20(15)23(29)30)14-33-13-22(26)28-25(32)34-12-21-18-8-4-2-6-16(18)17-7-3-5-9-19(17)21/h2-9,15,20-22H,10-14H2,1H3,(H,27,31)(H,28,32)(H,29,30). The number of fused-ring (bicyclic) bond motifs is 3. The highest BCUT2D eigenvalue weighted by molar-refractivity contribution is 5.85. The van der Waals surface area contributed by atoms with Crippen LogP contribution in [0.1, 0.15) is 30.4 Å². The zero-order valence-corrected chi connectivity index (χ0v) is 19.0. The second-order valence-electron chi connectivity index (χ2n) is 9.61. The van der Waals surface area contributed by atoms with Crippen molar-refractivity contribution in [3.8, 4) is 11.1 Å². The van der Waals surface area contributed by atoms with E-state index >= 15 is 0 Å². The molecule has 4 atom stereocenters. The van der Waals surface area contributed by atoms with E-state index < -0.39 is 23.5 Å². The number of ether oxygens (including phenoxy) is 2. The molecular formula is C26H28N2O6. The zero-order valence-electron chi connectivity index (χ0n) is 19.0. The number of rotatable bonds is 7. The average Bonchev–Trinajstić information content (AvgIpc) is 3.44. The van der Waals surface area contributed by atoms with E-state index in [2.05, 4.69) is 34.9 Å². The molecule has 2 aliphatic carbocycles. The Morgan fingerprint density at radius 2 is 1.74 bits per heavy atom. The number of carbonyl (C=O) groups is 3. The second kappa shape index (κ2) is 8.76. The van der Waals surface area contributed by atoms with Crippen LogP contribution >= 0.6 is 0 Å². The van der Waals surface area contributed by atoms with Gasteiger partial charge in [-0.1, -0.05) is 48.5 Å². The largest absolute Gasteiger partial charge is 0.481 e. The van der Waals surface area contributed by atoms with Gasteiger partial charge in [-0.05, 0) is 41.5 Å². The van der Waals surface area contributed by atoms with Crippen molar-refractivity contribution in [3.63, 3.8) is 0 Å². The summed E-state index contributed by atoms with van der Waals surface area (Å²) in [6, 6.07) is 15.7. The first-order valence-corrected chi connectivity index (χ1v) is 11.6. The maximum Gasteiger partial charge on any atom is 0.407 e. The zero-order chi connectivity index (χ0) is 23.9. The molecule has 3 aliphatic rings. The summed E-state index contributed by atoms with van der Waals surface area (Å²) < 4.78 is 11.1. The van der Waals surface area contributed by atoms with E-state index in [4.69, 9.17) is 14.6 Å². The number of alkyl carbamates (subject to hydrolysis) is 1. The van der Waals surface area contributed by atoms with Gasteiger partial charge in [-0.3, -0.25) is 9.59 Å². The van der Waals surface area contributed by atoms with Crippen molar-refractivity contribution in [2.45, 2.75) is 25.3 Å². The minimum absolute atomic E-state index is 0.0408. The molecule has 2 aromatic rings. The Morgan fingerprint density at radius 1 is 1.09 bits per heavy atom. The quantitative estimate of drug-likeness (QED) is 0.581. The van der Waals surface area contributed by atoms with Gasteiger partial charge in [0, 0.05) is 12.5 Å². The van der Waals surface area contributed by atoms with Crippen LogP contribution in [0.4, 0.5) is 4.79 Å². The normalized spacial score (nSPS) is 26.9. The summed E-state index contributed by atoms with van der Waals surface area (Å²) in [6.07, 6.45) is -0.0194. The summed E-state index contributed by atoms with van der Waals surface area (Å²) in [5.74, 6) is -1.56. The molecule has 1 saturated heterocycles. The van der Waals surface area contributed by atoms with E-state index in [9.17, 15) is 14.4 Å². The highest BCUT2D eigenvalue weighted by Crippen LogP contribution is 2.44. The second-order valence-corrected chi connectivity index (χ2v) is 9.61. The van der Waals surface area contributed by atoms with E-state index in [0.29, 0.717) is 13.0 Å². The SMILES string of the molecule is CC1(C(=O)NCC2CC2C(=O)O)COCC1NC(=O)OCC1c2ccccc2-c2ccccc21. The van der Waals surface area contributed by atoms with Gasteiger partial charge in [0.25, 0.3) is 0 Å². The lowest BCUT2D eigenvalue weighted by Crippen LogP contribution is -2.54. The third-order valence-corrected chi connectivity index (χ3v) is 7.37. The molecule has 1 aliphatic heterocycles. The van der Waals surface area contributed by atoms with Crippen molar-refractivity contribution >= 4 is 18.0 Å². The molecule has 34 heavy (non-hydrogen) atoms. The van der Waals surface area contributed by atoms with E-state index in [-0.39, 0.29) is 43.5 Å². The van der Waals surface area contributed by atoms with Crippen molar-refractivity contribution < 1.29 is 29.0 Å². The molecule has 0 radical (unpaired) electrons. The molecule has 0 aromatic heterocycles. The Labute approximate surface area is 197 Å². The summed E-state index contributed by atoms with van der Waals surface area (Å²) in [5.41, 5.74) is 3.61. The van der Waals surface area contributed by atoms with Crippen LogP contribution < -0.4 is 10.6 Å². The molecule has 8 nitrogen and oxygen atoms in total. The van der Waals surface area contributed by atoms with Crippen molar-refractivity contribution in [1.82, 2.24) is 10.6 Å². The van der Waals surface area contributed by atoms with Crippen LogP contribution in [0.5, 0.6) is 0 Å². The van der Waals surface area contributed by atoms with E-state index in [1.165, 1.54) is 0 Å². The summed E-state index contributed by atoms with van der Waals surface area (Å²) >= 11 is 0. The predicted molar refractivity (Wildman–Crippen MR) is 123 cm³/mol. The predicted octanol–water partition coefficient (Wildman–Crippen LogP) is 2.77. The van der Waals surface area contributed by atoms with E-state index in [1.807, 2.05) is 24.3 Å². The van der Waals surface area contributed by atoms with Crippen LogP contribution in [0.3, 0.4) is 0 Å². The highest BCUT2D eigenvalue weighted by Gasteiger charge is 2.49. The van der Waals surface area contributed by atoms with E-state index in [1.54, 1.807) is 6.92 Å². The molecule has 2 aromatic carbocycles. The first-order valence-electron chi connectivity index (χ1n) is 11.6. The van der Waals surface area contributed by atoms with Crippen LogP contribution in [-0.2, 0) is 19.1 Å². The van der Waals surface area contributed by atoms with Gasteiger partial charge in [0.05, 0.1) is 30.6 Å². The number of hydrogen-bond acceptors (Lipinski definition) is 5. The molecule has 1 heterocycles. The molecule has 0 spiro atoms. The molecule has 4 unspecified atom stereocenters. The van der Waals surface area contributed by atoms with Gasteiger partial charge in [0.1, 0.15) is 6.61 Å². The monoisotopic (exact) mass is 464 g/mol. The topological polar surface area (TPSA) is 114 Å². The third kappa shape index (κ3) is 4.03. The molecule has 2 fully saturated rings. The number of benzene rings is 2. The summed E-state index contributed by atoms with van der Waals surface area (Å²) in [5, 5.41) is 14.7. The Kier molecular flexibility index (Phi) is 5.77. The number of carbonyl (C=O) groups excluding carboxylic acids is 2. The Hall–Kier alpha value is -3.39. The smallest absolute Gasteiger partial charge is 0.407 e. The first kappa shape index (κ1) is 22.4. The highest BCUT2D eigenvalue weighted by atomic mass is 16.5. The Balaban J connectivity index is 1.18. The Morgan fingerprint density at radius 3 is 2.35 bits per heavy atom. The summed E-state index contributed by atoms with van der Waals surface area (Å²) in [4.78, 5) is 36.6. The van der Waals surface area contributed by atoms with Gasteiger partial charge in [0.15, 0.2) is 0 Å². The van der Waals surface area contributed by atoms with Crippen molar-refractivity contribution in [1.29, 1.82) is 0 Å². The number of carboxylic acid groups (broad SMARTS) is 1. The molecular weight excluding hydrogens is 436 g/mol. The first-order chi connectivity index (χ1) is 16.4. The van der Waals surface area contributed by atoms with Crippen LogP contribution in [0.2, 0.25) is 0 Å². The molecule has 0 bridgehead atoms. The van der Waals surface area contributed by atoms with Crippen LogP contribution in [0, 0.1) is 17.3 Å². The fourth-order valence-electron chi connectivity index (χ4n) is 5.08. The minimum Gasteiger partial charge on any atom is -0.481 e. The summed E-state index contributed by atoms with van der Waals surface area (Å²) in [6.45, 7) is 2.61. The van der Waals surface area contributed by atoms with Crippen LogP contribution in [-0.4, -0.2) is 55.5 Å². The lowest BCUT2D eigenvalue weighted by atomic mass is 9.84. The number of nitrogens with one attached hydrogen (secondary N) is 2. The molecule has 3 N–H and O–H groups in total. The number of carboxylic acids is 1. The molecule has 178 valence electrons. The van der Waals surface area contributed by atoms with Crippen LogP contribution in [0.15, 0.2) is 48.5 Å². The minimum atomic E-state index is -0.959. The fourth-order valence-corrected chi connectivity index (χ4v) is 5.08. The maximum atomic E-state index is 12.9. The van der Waals surface area contributed by atoms with Crippen molar-refractivity contribution in [2.75, 3.05) is 26.4 Å². The van der Waals surface area contributed by atoms with Gasteiger partial charge in [-0.25, -0.2) is 4.79 Å². The number of aliphatic carboxylic acids is 1. The average molecular weight is 465 g/mol. The third-order valence-electron chi connectivity index (χ3n) is 7.37. The molecule has 2 amide bonds. The van der Waals surface area contributed by atoms with Gasteiger partial charge >= 0.3 is 12.1 Å². The van der Waals surface area contributed by atoms with Gasteiger partial charge in [-0.2, -0.15) is 0 Å². The number of hydrogen-bond donors (Lipinski definition) is 3. The van der Waals surface area contributed by atoms with Gasteiger partial charge < -0.3 is 25.2 Å². The lowest BCUT2D eigenvalue weighted by molar-refractivity contribution is -0.139. The molecule has 5 rings (SSSR count). The molecule has 8 heteroatoms. The van der Waals surface area contributed by atoms with E-state index in [0.717, 1.165) is 22.3 Å². The van der Waals surface area contributed by atoms with Crippen molar-refractivity contribution in [2.24, 2.45) is 17.3 Å². The molecule has 1 saturated carbocycles. The van der Waals surface area contributed by atoms with Gasteiger partial charge in [-0.15, -0.1) is 0 Å². The number of amides is 2. The van der Waals surface area contributed by atoms with Crippen LogP contribution in [0.25, 0.3) is 11.1 Å². The summed E-state index contributed by atoms with van der Waals surface area (Å²) in [7, 11) is 0. The van der Waals surface area contributed by atoms with Crippen molar-refractivity contribution in [3.05, 3.63) is 59.7 Å². The van der Waals surface area contributed by atoms with Gasteiger partial charge in [0.2, 0.25) is 5.91 Å². The Bertz CT molecular complexity index is 1090. The maximum absolute atomic E-state index is 12.9. The lowest BCUT2D eigenvalue weighted by Gasteiger charge is -2.28. The fraction of sp³-hybridized carbons (Fsp3) is 0.423.